The van der Waals surface area contributed by atoms with E-state index in [0.29, 0.717) is 30.5 Å². The van der Waals surface area contributed by atoms with Gasteiger partial charge in [-0.2, -0.15) is 0 Å². The number of hydrogen-bond acceptors (Lipinski definition) is 8. The SMILES string of the molecule is CCOCO[C@H]1c2sccc2[C@@H](c2cc(OC)c(OC)c(OC)c2)[C@@H]2C(=O)OC[C@@H]21. The third-order valence-electron chi connectivity index (χ3n) is 5.80. The second-order valence-electron chi connectivity index (χ2n) is 7.19. The number of esters is 1. The van der Waals surface area contributed by atoms with Gasteiger partial charge in [-0.1, -0.05) is 0 Å². The van der Waals surface area contributed by atoms with E-state index in [9.17, 15) is 4.79 Å². The van der Waals surface area contributed by atoms with Crippen LogP contribution in [0.4, 0.5) is 0 Å². The number of fused-ring (bicyclic) bond motifs is 2. The number of cyclic esters (lactones) is 1. The fraction of sp³-hybridized carbons (Fsp3) is 0.500. The van der Waals surface area contributed by atoms with E-state index in [1.54, 1.807) is 32.7 Å². The summed E-state index contributed by atoms with van der Waals surface area (Å²) in [6.07, 6.45) is -0.235. The fourth-order valence-electron chi connectivity index (χ4n) is 4.49. The van der Waals surface area contributed by atoms with E-state index in [1.165, 1.54) is 0 Å². The van der Waals surface area contributed by atoms with Gasteiger partial charge in [0.15, 0.2) is 11.5 Å². The van der Waals surface area contributed by atoms with Gasteiger partial charge in [0, 0.05) is 23.3 Å². The summed E-state index contributed by atoms with van der Waals surface area (Å²) < 4.78 is 33.5. The molecule has 1 aliphatic carbocycles. The Hall–Kier alpha value is -2.29. The minimum absolute atomic E-state index is 0.0896. The minimum atomic E-state index is -0.360. The highest BCUT2D eigenvalue weighted by atomic mass is 32.1. The van der Waals surface area contributed by atoms with E-state index in [4.69, 9.17) is 28.4 Å². The van der Waals surface area contributed by atoms with E-state index >= 15 is 0 Å². The first-order valence-electron chi connectivity index (χ1n) is 9.87. The highest BCUT2D eigenvalue weighted by Gasteiger charge is 2.53. The molecule has 1 saturated heterocycles. The molecule has 30 heavy (non-hydrogen) atoms. The molecule has 162 valence electrons. The zero-order chi connectivity index (χ0) is 21.3. The van der Waals surface area contributed by atoms with E-state index < -0.39 is 0 Å². The molecule has 0 N–H and O–H groups in total. The first-order chi connectivity index (χ1) is 14.6. The molecule has 0 saturated carbocycles. The van der Waals surface area contributed by atoms with Gasteiger partial charge in [0.05, 0.1) is 33.9 Å². The Labute approximate surface area is 179 Å². The van der Waals surface area contributed by atoms with Crippen LogP contribution in [0.2, 0.25) is 0 Å². The van der Waals surface area contributed by atoms with Crippen molar-refractivity contribution < 1.29 is 33.2 Å². The van der Waals surface area contributed by atoms with Crippen molar-refractivity contribution in [2.75, 3.05) is 41.3 Å². The molecule has 2 heterocycles. The van der Waals surface area contributed by atoms with Crippen LogP contribution in [0, 0.1) is 11.8 Å². The highest BCUT2D eigenvalue weighted by molar-refractivity contribution is 7.10. The van der Waals surface area contributed by atoms with Gasteiger partial charge in [-0.3, -0.25) is 4.79 Å². The number of methoxy groups -OCH3 is 3. The highest BCUT2D eigenvalue weighted by Crippen LogP contribution is 2.55. The Morgan fingerprint density at radius 3 is 2.50 bits per heavy atom. The Morgan fingerprint density at radius 1 is 1.13 bits per heavy atom. The molecule has 0 radical (unpaired) electrons. The zero-order valence-corrected chi connectivity index (χ0v) is 18.3. The van der Waals surface area contributed by atoms with Gasteiger partial charge in [-0.05, 0) is 41.6 Å². The first-order valence-corrected chi connectivity index (χ1v) is 10.8. The van der Waals surface area contributed by atoms with Crippen molar-refractivity contribution in [1.29, 1.82) is 0 Å². The summed E-state index contributed by atoms with van der Waals surface area (Å²) in [7, 11) is 4.74. The van der Waals surface area contributed by atoms with Gasteiger partial charge in [0.25, 0.3) is 0 Å². The number of thiophene rings is 1. The van der Waals surface area contributed by atoms with Crippen molar-refractivity contribution >= 4 is 17.3 Å². The lowest BCUT2D eigenvalue weighted by Crippen LogP contribution is -2.35. The van der Waals surface area contributed by atoms with Crippen molar-refractivity contribution in [3.05, 3.63) is 39.6 Å². The Kier molecular flexibility index (Phi) is 6.17. The van der Waals surface area contributed by atoms with Crippen LogP contribution in [0.5, 0.6) is 17.2 Å². The number of ether oxygens (including phenoxy) is 6. The van der Waals surface area contributed by atoms with Crippen LogP contribution in [-0.2, 0) is 19.0 Å². The third kappa shape index (κ3) is 3.42. The molecule has 0 spiro atoms. The molecule has 4 rings (SSSR count). The van der Waals surface area contributed by atoms with Gasteiger partial charge < -0.3 is 28.4 Å². The van der Waals surface area contributed by atoms with Crippen molar-refractivity contribution in [2.45, 2.75) is 18.9 Å². The average Bonchev–Trinajstić information content (AvgIpc) is 3.40. The molecule has 0 bridgehead atoms. The summed E-state index contributed by atoms with van der Waals surface area (Å²) >= 11 is 1.63. The van der Waals surface area contributed by atoms with E-state index in [1.807, 2.05) is 24.4 Å². The lowest BCUT2D eigenvalue weighted by Gasteiger charge is -2.37. The number of benzene rings is 1. The summed E-state index contributed by atoms with van der Waals surface area (Å²) in [4.78, 5) is 13.9. The van der Waals surface area contributed by atoms with E-state index in [0.717, 1.165) is 16.0 Å². The summed E-state index contributed by atoms with van der Waals surface area (Å²) in [6.45, 7) is 3.01. The van der Waals surface area contributed by atoms with Gasteiger partial charge in [-0.25, -0.2) is 0 Å². The number of rotatable bonds is 8. The molecule has 1 aromatic heterocycles. The van der Waals surface area contributed by atoms with Crippen molar-refractivity contribution in [2.24, 2.45) is 11.8 Å². The normalized spacial score (nSPS) is 24.7. The molecule has 2 aromatic rings. The second-order valence-corrected chi connectivity index (χ2v) is 8.14. The maximum atomic E-state index is 12.8. The first kappa shape index (κ1) is 21.0. The largest absolute Gasteiger partial charge is 0.493 e. The molecular formula is C22H26O7S. The topological polar surface area (TPSA) is 72.5 Å². The van der Waals surface area contributed by atoms with Crippen LogP contribution in [0.1, 0.15) is 34.9 Å². The van der Waals surface area contributed by atoms with Crippen molar-refractivity contribution in [3.8, 4) is 17.2 Å². The number of carbonyl (C=O) groups excluding carboxylic acids is 1. The molecule has 0 unspecified atom stereocenters. The van der Waals surface area contributed by atoms with Crippen LogP contribution in [0.25, 0.3) is 0 Å². The van der Waals surface area contributed by atoms with Gasteiger partial charge in [0.2, 0.25) is 5.75 Å². The molecule has 1 fully saturated rings. The standard InChI is InChI=1S/C22H26O7S/c1-5-27-11-29-19-14-10-28-22(23)18(14)17(13-6-7-30-21(13)19)12-8-15(24-2)20(26-4)16(9-12)25-3/h6-9,14,17-19H,5,10-11H2,1-4H3/t14-,17+,18+,19+/m0/s1. The molecule has 1 aliphatic heterocycles. The minimum Gasteiger partial charge on any atom is -0.493 e. The predicted molar refractivity (Wildman–Crippen MR) is 111 cm³/mol. The predicted octanol–water partition coefficient (Wildman–Crippen LogP) is 3.76. The van der Waals surface area contributed by atoms with Gasteiger partial charge in [0.1, 0.15) is 12.9 Å². The maximum absolute atomic E-state index is 12.8. The molecule has 0 amide bonds. The average molecular weight is 435 g/mol. The summed E-state index contributed by atoms with van der Waals surface area (Å²) in [5, 5.41) is 2.04. The van der Waals surface area contributed by atoms with E-state index in [-0.39, 0.29) is 36.6 Å². The van der Waals surface area contributed by atoms with Crippen LogP contribution in [0.3, 0.4) is 0 Å². The summed E-state index contributed by atoms with van der Waals surface area (Å²) in [6, 6.07) is 5.89. The Morgan fingerprint density at radius 2 is 1.87 bits per heavy atom. The molecular weight excluding hydrogens is 408 g/mol. The zero-order valence-electron chi connectivity index (χ0n) is 17.5. The molecule has 7 nitrogen and oxygen atoms in total. The van der Waals surface area contributed by atoms with Crippen LogP contribution in [-0.4, -0.2) is 47.3 Å². The smallest absolute Gasteiger partial charge is 0.310 e. The lowest BCUT2D eigenvalue weighted by molar-refractivity contribution is -0.142. The van der Waals surface area contributed by atoms with Crippen LogP contribution < -0.4 is 14.2 Å². The molecule has 1 aromatic carbocycles. The van der Waals surface area contributed by atoms with Crippen LogP contribution >= 0.6 is 11.3 Å². The van der Waals surface area contributed by atoms with Crippen molar-refractivity contribution in [1.82, 2.24) is 0 Å². The van der Waals surface area contributed by atoms with E-state index in [2.05, 4.69) is 6.07 Å². The van der Waals surface area contributed by atoms with Crippen molar-refractivity contribution in [3.63, 3.8) is 0 Å². The lowest BCUT2D eigenvalue weighted by atomic mass is 9.69. The summed E-state index contributed by atoms with van der Waals surface area (Å²) in [5.74, 6) is 0.790. The Bertz CT molecular complexity index is 884. The maximum Gasteiger partial charge on any atom is 0.310 e. The Balaban J connectivity index is 1.81. The summed E-state index contributed by atoms with van der Waals surface area (Å²) in [5.41, 5.74) is 1.98. The third-order valence-corrected chi connectivity index (χ3v) is 6.80. The number of carbonyl (C=O) groups is 1. The number of hydrogen-bond donors (Lipinski definition) is 0. The fourth-order valence-corrected chi connectivity index (χ4v) is 5.56. The molecule has 4 atom stereocenters. The quantitative estimate of drug-likeness (QED) is 0.356. The monoisotopic (exact) mass is 434 g/mol. The van der Waals surface area contributed by atoms with Crippen LogP contribution in [0.15, 0.2) is 23.6 Å². The molecule has 8 heteroatoms. The molecule has 2 aliphatic rings. The second kappa shape index (κ2) is 8.83. The van der Waals surface area contributed by atoms with Gasteiger partial charge >= 0.3 is 5.97 Å². The van der Waals surface area contributed by atoms with Gasteiger partial charge in [-0.15, -0.1) is 11.3 Å².